The van der Waals surface area contributed by atoms with Crippen molar-refractivity contribution in [1.29, 1.82) is 0 Å². The highest BCUT2D eigenvalue weighted by molar-refractivity contribution is 6.30. The largest absolute Gasteiger partial charge is 0.497 e. The molecule has 0 aliphatic carbocycles. The lowest BCUT2D eigenvalue weighted by molar-refractivity contribution is 0.0921. The minimum atomic E-state index is -0.204. The smallest absolute Gasteiger partial charge is 0.231 e. The van der Waals surface area contributed by atoms with E-state index in [0.29, 0.717) is 27.6 Å². The van der Waals surface area contributed by atoms with Crippen molar-refractivity contribution in [1.82, 2.24) is 0 Å². The monoisotopic (exact) mass is 420 g/mol. The molecule has 150 valence electrons. The fraction of sp³-hybridized carbons (Fsp3) is 0.0833. The molecule has 6 heteroatoms. The van der Waals surface area contributed by atoms with E-state index in [2.05, 4.69) is 0 Å². The van der Waals surface area contributed by atoms with Gasteiger partial charge in [0.2, 0.25) is 5.78 Å². The van der Waals surface area contributed by atoms with E-state index in [0.717, 1.165) is 11.3 Å². The number of benzene rings is 3. The predicted octanol–water partition coefficient (Wildman–Crippen LogP) is 5.23. The van der Waals surface area contributed by atoms with Crippen LogP contribution in [0, 0.1) is 0 Å². The number of hydrogen-bond acceptors (Lipinski definition) is 5. The Balaban J connectivity index is 1.45. The summed E-state index contributed by atoms with van der Waals surface area (Å²) in [6.07, 6.45) is 1.67. The van der Waals surface area contributed by atoms with Gasteiger partial charge in [0, 0.05) is 16.7 Å². The number of ketones is 2. The zero-order chi connectivity index (χ0) is 21.1. The van der Waals surface area contributed by atoms with Crippen LogP contribution in [0.2, 0.25) is 5.02 Å². The molecular weight excluding hydrogens is 404 g/mol. The van der Waals surface area contributed by atoms with Gasteiger partial charge < -0.3 is 14.2 Å². The Bertz CT molecular complexity index is 1130. The van der Waals surface area contributed by atoms with E-state index >= 15 is 0 Å². The van der Waals surface area contributed by atoms with Gasteiger partial charge in [-0.05, 0) is 60.2 Å². The Kier molecular flexibility index (Phi) is 5.55. The Morgan fingerprint density at radius 1 is 1.00 bits per heavy atom. The molecule has 0 atom stereocenters. The molecule has 0 aromatic heterocycles. The van der Waals surface area contributed by atoms with Gasteiger partial charge in [-0.2, -0.15) is 0 Å². The summed E-state index contributed by atoms with van der Waals surface area (Å²) in [6.45, 7) is -0.136. The molecule has 0 saturated carbocycles. The lowest BCUT2D eigenvalue weighted by Crippen LogP contribution is -2.11. The minimum Gasteiger partial charge on any atom is -0.497 e. The Morgan fingerprint density at radius 2 is 1.70 bits per heavy atom. The van der Waals surface area contributed by atoms with Crippen molar-refractivity contribution in [3.05, 3.63) is 94.2 Å². The van der Waals surface area contributed by atoms with Gasteiger partial charge in [-0.25, -0.2) is 0 Å². The van der Waals surface area contributed by atoms with Crippen LogP contribution in [0.5, 0.6) is 17.2 Å². The first-order valence-electron chi connectivity index (χ1n) is 9.17. The molecule has 0 fully saturated rings. The minimum absolute atomic E-state index is 0.136. The highest BCUT2D eigenvalue weighted by atomic mass is 35.5. The molecule has 3 aromatic carbocycles. The molecule has 3 aromatic rings. The maximum atomic E-state index is 12.6. The second-order valence-corrected chi connectivity index (χ2v) is 7.03. The zero-order valence-electron chi connectivity index (χ0n) is 16.1. The van der Waals surface area contributed by atoms with E-state index in [1.54, 1.807) is 55.7 Å². The third kappa shape index (κ3) is 4.21. The topological polar surface area (TPSA) is 61.8 Å². The van der Waals surface area contributed by atoms with Gasteiger partial charge in [-0.1, -0.05) is 23.7 Å². The van der Waals surface area contributed by atoms with Gasteiger partial charge in [0.1, 0.15) is 17.2 Å². The van der Waals surface area contributed by atoms with Crippen molar-refractivity contribution in [2.75, 3.05) is 13.7 Å². The maximum absolute atomic E-state index is 12.6. The van der Waals surface area contributed by atoms with E-state index in [9.17, 15) is 9.59 Å². The van der Waals surface area contributed by atoms with Gasteiger partial charge in [-0.3, -0.25) is 9.59 Å². The van der Waals surface area contributed by atoms with Crippen LogP contribution in [-0.2, 0) is 0 Å². The predicted molar refractivity (Wildman–Crippen MR) is 114 cm³/mol. The fourth-order valence-corrected chi connectivity index (χ4v) is 3.10. The second kappa shape index (κ2) is 8.43. The number of allylic oxidation sites excluding steroid dienone is 1. The normalized spacial score (nSPS) is 13.7. The number of fused-ring (bicyclic) bond motifs is 1. The maximum Gasteiger partial charge on any atom is 0.231 e. The molecule has 0 saturated heterocycles. The number of methoxy groups -OCH3 is 1. The first kappa shape index (κ1) is 19.7. The number of ether oxygens (including phenoxy) is 3. The molecule has 0 bridgehead atoms. The number of carbonyl (C=O) groups excluding carboxylic acids is 2. The van der Waals surface area contributed by atoms with Gasteiger partial charge in [0.05, 0.1) is 12.7 Å². The van der Waals surface area contributed by atoms with Crippen LogP contribution in [0.3, 0.4) is 0 Å². The van der Waals surface area contributed by atoms with Crippen molar-refractivity contribution in [3.8, 4) is 17.2 Å². The Morgan fingerprint density at radius 3 is 2.40 bits per heavy atom. The molecule has 0 N–H and O–H groups in total. The fourth-order valence-electron chi connectivity index (χ4n) is 2.98. The second-order valence-electron chi connectivity index (χ2n) is 6.59. The third-order valence-corrected chi connectivity index (χ3v) is 4.84. The quantitative estimate of drug-likeness (QED) is 0.404. The highest BCUT2D eigenvalue weighted by Gasteiger charge is 2.27. The van der Waals surface area contributed by atoms with Gasteiger partial charge in [0.15, 0.2) is 18.1 Å². The lowest BCUT2D eigenvalue weighted by Gasteiger charge is -2.07. The first-order chi connectivity index (χ1) is 14.5. The average Bonchev–Trinajstić information content (AvgIpc) is 3.07. The third-order valence-electron chi connectivity index (χ3n) is 4.59. The molecule has 0 spiro atoms. The van der Waals surface area contributed by atoms with Crippen LogP contribution >= 0.6 is 11.6 Å². The number of hydrogen-bond donors (Lipinski definition) is 0. The summed E-state index contributed by atoms with van der Waals surface area (Å²) in [6, 6.07) is 18.8. The van der Waals surface area contributed by atoms with Crippen LogP contribution in [0.1, 0.15) is 26.3 Å². The summed E-state index contributed by atoms with van der Waals surface area (Å²) < 4.78 is 16.4. The summed E-state index contributed by atoms with van der Waals surface area (Å²) in [4.78, 5) is 24.8. The van der Waals surface area contributed by atoms with Gasteiger partial charge in [-0.15, -0.1) is 0 Å². The molecule has 1 aliphatic heterocycles. The standard InChI is InChI=1S/C24H17ClO5/c1-28-18-8-2-15(3-9-18)12-23-24(27)20-11-10-19(13-22(20)30-23)29-14-21(26)16-4-6-17(25)7-5-16/h2-13H,14H2,1H3/b23-12-. The Hall–Kier alpha value is -3.57. The van der Waals surface area contributed by atoms with Crippen LogP contribution in [0.4, 0.5) is 0 Å². The van der Waals surface area contributed by atoms with Crippen LogP contribution in [-0.4, -0.2) is 25.3 Å². The van der Waals surface area contributed by atoms with E-state index in [1.807, 2.05) is 24.3 Å². The lowest BCUT2D eigenvalue weighted by atomic mass is 10.1. The molecule has 0 radical (unpaired) electrons. The summed E-state index contributed by atoms with van der Waals surface area (Å²) in [5.41, 5.74) is 1.78. The Labute approximate surface area is 178 Å². The molecule has 5 nitrogen and oxygen atoms in total. The van der Waals surface area contributed by atoms with Crippen molar-refractivity contribution in [2.45, 2.75) is 0 Å². The number of halogens is 1. The number of rotatable bonds is 6. The molecule has 1 aliphatic rings. The van der Waals surface area contributed by atoms with Crippen molar-refractivity contribution in [3.63, 3.8) is 0 Å². The van der Waals surface area contributed by atoms with Crippen LogP contribution in [0.25, 0.3) is 6.08 Å². The molecule has 1 heterocycles. The van der Waals surface area contributed by atoms with E-state index in [4.69, 9.17) is 25.8 Å². The molecule has 30 heavy (non-hydrogen) atoms. The van der Waals surface area contributed by atoms with Gasteiger partial charge >= 0.3 is 0 Å². The molecular formula is C24H17ClO5. The highest BCUT2D eigenvalue weighted by Crippen LogP contribution is 2.35. The van der Waals surface area contributed by atoms with Crippen LogP contribution in [0.15, 0.2) is 72.5 Å². The summed E-state index contributed by atoms with van der Waals surface area (Å²) >= 11 is 5.84. The summed E-state index contributed by atoms with van der Waals surface area (Å²) in [7, 11) is 1.59. The average molecular weight is 421 g/mol. The molecule has 0 amide bonds. The number of carbonyl (C=O) groups is 2. The number of Topliss-reactive ketones (excluding diaryl/α,β-unsaturated/α-hetero) is 2. The van der Waals surface area contributed by atoms with Crippen molar-refractivity contribution >= 4 is 29.2 Å². The van der Waals surface area contributed by atoms with Crippen LogP contribution < -0.4 is 14.2 Å². The van der Waals surface area contributed by atoms with Gasteiger partial charge in [0.25, 0.3) is 0 Å². The molecule has 0 unspecified atom stereocenters. The van der Waals surface area contributed by atoms with E-state index < -0.39 is 0 Å². The van der Waals surface area contributed by atoms with E-state index in [1.165, 1.54) is 0 Å². The van der Waals surface area contributed by atoms with Crippen molar-refractivity contribution < 1.29 is 23.8 Å². The molecule has 4 rings (SSSR count). The first-order valence-corrected chi connectivity index (χ1v) is 9.55. The zero-order valence-corrected chi connectivity index (χ0v) is 16.8. The van der Waals surface area contributed by atoms with E-state index in [-0.39, 0.29) is 23.9 Å². The summed E-state index contributed by atoms with van der Waals surface area (Å²) in [5, 5.41) is 0.561. The SMILES string of the molecule is COc1ccc(/C=C2\Oc3cc(OCC(=O)c4ccc(Cl)cc4)ccc3C2=O)cc1. The van der Waals surface area contributed by atoms with Crippen molar-refractivity contribution in [2.24, 2.45) is 0 Å². The summed E-state index contributed by atoms with van der Waals surface area (Å²) in [5.74, 6) is 1.42.